The van der Waals surface area contributed by atoms with Gasteiger partial charge in [0, 0.05) is 13.1 Å². The molecule has 2 atom stereocenters. The summed E-state index contributed by atoms with van der Waals surface area (Å²) in [5.74, 6) is 1.98. The molecule has 0 aromatic heterocycles. The lowest BCUT2D eigenvalue weighted by molar-refractivity contribution is 0.316. The smallest absolute Gasteiger partial charge is 0.00160 e. The Morgan fingerprint density at radius 3 is 2.21 bits per heavy atom. The van der Waals surface area contributed by atoms with Crippen molar-refractivity contribution in [3.8, 4) is 0 Å². The summed E-state index contributed by atoms with van der Waals surface area (Å²) in [6.07, 6.45) is 10.2. The maximum atomic E-state index is 2.67. The van der Waals surface area contributed by atoms with Gasteiger partial charge in [-0.1, -0.05) is 25.5 Å². The fourth-order valence-electron chi connectivity index (χ4n) is 2.68. The lowest BCUT2D eigenvalue weighted by Crippen LogP contribution is -2.21. The molecule has 14 heavy (non-hydrogen) atoms. The molecule has 0 radical (unpaired) electrons. The third-order valence-corrected chi connectivity index (χ3v) is 3.52. The Labute approximate surface area is 94.0 Å². The van der Waals surface area contributed by atoms with E-state index in [0.29, 0.717) is 0 Å². The van der Waals surface area contributed by atoms with E-state index in [1.54, 1.807) is 0 Å². The highest BCUT2D eigenvalue weighted by Crippen LogP contribution is 2.32. The van der Waals surface area contributed by atoms with Crippen molar-refractivity contribution >= 4 is 12.4 Å². The van der Waals surface area contributed by atoms with E-state index in [-0.39, 0.29) is 12.4 Å². The zero-order valence-electron chi connectivity index (χ0n) is 9.11. The van der Waals surface area contributed by atoms with Gasteiger partial charge >= 0.3 is 0 Å². The molecule has 1 nitrogen and oxygen atoms in total. The number of unbranched alkanes of at least 4 members (excludes halogenated alkanes) is 1. The number of hydrogen-bond acceptors (Lipinski definition) is 1. The monoisotopic (exact) mass is 215 g/mol. The number of likely N-dealkylation sites (tertiary alicyclic amines) is 1. The zero-order valence-corrected chi connectivity index (χ0v) is 9.93. The quantitative estimate of drug-likeness (QED) is 0.654. The summed E-state index contributed by atoms with van der Waals surface area (Å²) in [4.78, 5) is 2.67. The van der Waals surface area contributed by atoms with E-state index < -0.39 is 0 Å². The van der Waals surface area contributed by atoms with Crippen molar-refractivity contribution in [2.45, 2.75) is 32.6 Å². The van der Waals surface area contributed by atoms with Crippen molar-refractivity contribution in [3.63, 3.8) is 0 Å². The van der Waals surface area contributed by atoms with Gasteiger partial charge in [0.05, 0.1) is 0 Å². The van der Waals surface area contributed by atoms with Crippen LogP contribution in [-0.2, 0) is 0 Å². The van der Waals surface area contributed by atoms with Crippen LogP contribution in [0.3, 0.4) is 0 Å². The second-order valence-electron chi connectivity index (χ2n) is 4.58. The van der Waals surface area contributed by atoms with Crippen molar-refractivity contribution in [2.24, 2.45) is 11.8 Å². The lowest BCUT2D eigenvalue weighted by Gasteiger charge is -2.18. The molecule has 2 heteroatoms. The SMILES string of the molecule is CCCCN1CC2CC=CCC2C1.Cl. The van der Waals surface area contributed by atoms with Crippen LogP contribution in [0.5, 0.6) is 0 Å². The first kappa shape index (κ1) is 12.1. The van der Waals surface area contributed by atoms with Gasteiger partial charge in [-0.15, -0.1) is 12.4 Å². The van der Waals surface area contributed by atoms with Crippen LogP contribution in [0.15, 0.2) is 12.2 Å². The van der Waals surface area contributed by atoms with E-state index in [2.05, 4.69) is 24.0 Å². The van der Waals surface area contributed by atoms with Crippen LogP contribution in [0.25, 0.3) is 0 Å². The van der Waals surface area contributed by atoms with Gasteiger partial charge in [-0.3, -0.25) is 0 Å². The molecular formula is C12H22ClN. The first-order chi connectivity index (χ1) is 6.40. The molecule has 0 amide bonds. The van der Waals surface area contributed by atoms with Gasteiger partial charge in [0.1, 0.15) is 0 Å². The average Bonchev–Trinajstić information content (AvgIpc) is 2.57. The summed E-state index contributed by atoms with van der Waals surface area (Å²) in [6.45, 7) is 6.36. The van der Waals surface area contributed by atoms with E-state index in [1.165, 1.54) is 45.3 Å². The summed E-state index contributed by atoms with van der Waals surface area (Å²) in [7, 11) is 0. The molecule has 0 saturated carbocycles. The molecule has 0 N–H and O–H groups in total. The van der Waals surface area contributed by atoms with Crippen LogP contribution < -0.4 is 0 Å². The second kappa shape index (κ2) is 5.77. The van der Waals surface area contributed by atoms with Crippen LogP contribution >= 0.6 is 12.4 Å². The Bertz CT molecular complexity index is 175. The minimum atomic E-state index is 0. The summed E-state index contributed by atoms with van der Waals surface area (Å²) < 4.78 is 0. The van der Waals surface area contributed by atoms with Gasteiger partial charge in [0.15, 0.2) is 0 Å². The van der Waals surface area contributed by atoms with E-state index >= 15 is 0 Å². The summed E-state index contributed by atoms with van der Waals surface area (Å²) >= 11 is 0. The molecule has 2 aliphatic rings. The van der Waals surface area contributed by atoms with E-state index in [9.17, 15) is 0 Å². The maximum Gasteiger partial charge on any atom is 0.00160 e. The molecule has 1 aliphatic heterocycles. The van der Waals surface area contributed by atoms with E-state index in [4.69, 9.17) is 0 Å². The molecule has 1 fully saturated rings. The highest BCUT2D eigenvalue weighted by atomic mass is 35.5. The predicted octanol–water partition coefficient (Wildman–Crippen LogP) is 3.11. The van der Waals surface area contributed by atoms with Crippen molar-refractivity contribution in [2.75, 3.05) is 19.6 Å². The molecule has 0 aromatic carbocycles. The highest BCUT2D eigenvalue weighted by Gasteiger charge is 2.31. The number of rotatable bonds is 3. The normalized spacial score (nSPS) is 31.2. The maximum absolute atomic E-state index is 2.67. The minimum Gasteiger partial charge on any atom is -0.303 e. The number of allylic oxidation sites excluding steroid dienone is 2. The van der Waals surface area contributed by atoms with Crippen molar-refractivity contribution < 1.29 is 0 Å². The highest BCUT2D eigenvalue weighted by molar-refractivity contribution is 5.85. The zero-order chi connectivity index (χ0) is 9.10. The minimum absolute atomic E-state index is 0. The molecule has 1 heterocycles. The Morgan fingerprint density at radius 1 is 1.14 bits per heavy atom. The first-order valence-corrected chi connectivity index (χ1v) is 5.77. The van der Waals surface area contributed by atoms with Crippen molar-refractivity contribution in [1.29, 1.82) is 0 Å². The lowest BCUT2D eigenvalue weighted by atomic mass is 9.86. The van der Waals surface area contributed by atoms with Gasteiger partial charge in [0.2, 0.25) is 0 Å². The van der Waals surface area contributed by atoms with Crippen molar-refractivity contribution in [1.82, 2.24) is 4.90 Å². The van der Waals surface area contributed by atoms with Gasteiger partial charge in [-0.05, 0) is 37.6 Å². The van der Waals surface area contributed by atoms with Crippen LogP contribution in [0.4, 0.5) is 0 Å². The van der Waals surface area contributed by atoms with Gasteiger partial charge in [-0.25, -0.2) is 0 Å². The van der Waals surface area contributed by atoms with Crippen LogP contribution in [-0.4, -0.2) is 24.5 Å². The molecule has 2 unspecified atom stereocenters. The molecular weight excluding hydrogens is 194 g/mol. The average molecular weight is 216 g/mol. The topological polar surface area (TPSA) is 3.24 Å². The fourth-order valence-corrected chi connectivity index (χ4v) is 2.68. The Kier molecular flexibility index (Phi) is 4.97. The third-order valence-electron chi connectivity index (χ3n) is 3.52. The Hall–Kier alpha value is -0.0100. The van der Waals surface area contributed by atoms with Gasteiger partial charge in [-0.2, -0.15) is 0 Å². The summed E-state index contributed by atoms with van der Waals surface area (Å²) in [5, 5.41) is 0. The van der Waals surface area contributed by atoms with Crippen LogP contribution in [0.1, 0.15) is 32.6 Å². The van der Waals surface area contributed by atoms with Gasteiger partial charge < -0.3 is 4.90 Å². The fraction of sp³-hybridized carbons (Fsp3) is 0.833. The molecule has 1 saturated heterocycles. The predicted molar refractivity (Wildman–Crippen MR) is 64.0 cm³/mol. The van der Waals surface area contributed by atoms with Crippen LogP contribution in [0.2, 0.25) is 0 Å². The number of hydrogen-bond donors (Lipinski definition) is 0. The number of nitrogens with zero attached hydrogens (tertiary/aromatic N) is 1. The van der Waals surface area contributed by atoms with Crippen molar-refractivity contribution in [3.05, 3.63) is 12.2 Å². The molecule has 0 aromatic rings. The molecule has 2 rings (SSSR count). The molecule has 82 valence electrons. The first-order valence-electron chi connectivity index (χ1n) is 5.77. The van der Waals surface area contributed by atoms with Crippen LogP contribution in [0, 0.1) is 11.8 Å². The third kappa shape index (κ3) is 2.74. The molecule has 1 aliphatic carbocycles. The van der Waals surface area contributed by atoms with E-state index in [0.717, 1.165) is 11.8 Å². The standard InChI is InChI=1S/C12H21N.ClH/c1-2-3-8-13-9-11-6-4-5-7-12(11)10-13;/h4-5,11-12H,2-3,6-10H2,1H3;1H. The van der Waals surface area contributed by atoms with E-state index in [1.807, 2.05) is 0 Å². The summed E-state index contributed by atoms with van der Waals surface area (Å²) in [5.41, 5.74) is 0. The largest absolute Gasteiger partial charge is 0.303 e. The van der Waals surface area contributed by atoms with Gasteiger partial charge in [0.25, 0.3) is 0 Å². The summed E-state index contributed by atoms with van der Waals surface area (Å²) in [6, 6.07) is 0. The Balaban J connectivity index is 0.000000980. The molecule has 0 bridgehead atoms. The number of halogens is 1. The number of fused-ring (bicyclic) bond motifs is 1. The molecule has 0 spiro atoms. The Morgan fingerprint density at radius 2 is 1.71 bits per heavy atom. The second-order valence-corrected chi connectivity index (χ2v) is 4.58.